The second-order valence-electron chi connectivity index (χ2n) is 5.91. The van der Waals surface area contributed by atoms with E-state index in [4.69, 9.17) is 4.74 Å². The molecule has 0 radical (unpaired) electrons. The Kier molecular flexibility index (Phi) is 6.21. The SMILES string of the molecule is COc1ccc([C@H](CCC(F)(F)F)N2CCNCC2)c(C(F)(F)F)c1. The van der Waals surface area contributed by atoms with Gasteiger partial charge in [0, 0.05) is 38.6 Å². The molecule has 142 valence electrons. The average molecular weight is 370 g/mol. The fourth-order valence-corrected chi connectivity index (χ4v) is 3.03. The lowest BCUT2D eigenvalue weighted by molar-refractivity contribution is -0.141. The van der Waals surface area contributed by atoms with Crippen molar-refractivity contribution in [1.82, 2.24) is 10.2 Å². The highest BCUT2D eigenvalue weighted by Gasteiger charge is 2.38. The Morgan fingerprint density at radius 3 is 2.28 bits per heavy atom. The fraction of sp³-hybridized carbons (Fsp3) is 0.625. The van der Waals surface area contributed by atoms with Gasteiger partial charge in [-0.05, 0) is 24.1 Å². The summed E-state index contributed by atoms with van der Waals surface area (Å²) in [6.45, 7) is 1.84. The van der Waals surface area contributed by atoms with E-state index in [-0.39, 0.29) is 11.3 Å². The van der Waals surface area contributed by atoms with Gasteiger partial charge in [0.2, 0.25) is 0 Å². The molecular formula is C16H20F6N2O. The first kappa shape index (κ1) is 19.8. The minimum Gasteiger partial charge on any atom is -0.497 e. The lowest BCUT2D eigenvalue weighted by atomic mass is 9.94. The van der Waals surface area contributed by atoms with E-state index >= 15 is 0 Å². The number of halogens is 6. The molecule has 1 aliphatic heterocycles. The summed E-state index contributed by atoms with van der Waals surface area (Å²) in [5.41, 5.74) is -1.09. The smallest absolute Gasteiger partial charge is 0.416 e. The number of nitrogens with one attached hydrogen (secondary N) is 1. The summed E-state index contributed by atoms with van der Waals surface area (Å²) >= 11 is 0. The molecule has 1 heterocycles. The van der Waals surface area contributed by atoms with Gasteiger partial charge in [0.25, 0.3) is 0 Å². The van der Waals surface area contributed by atoms with E-state index in [1.54, 1.807) is 4.90 Å². The Hall–Kier alpha value is -1.48. The zero-order valence-electron chi connectivity index (χ0n) is 13.7. The molecule has 1 aromatic carbocycles. The van der Waals surface area contributed by atoms with Gasteiger partial charge in [-0.2, -0.15) is 26.3 Å². The Balaban J connectivity index is 2.41. The third kappa shape index (κ3) is 5.50. The molecule has 1 atom stereocenters. The molecule has 2 rings (SSSR count). The first-order valence-corrected chi connectivity index (χ1v) is 7.88. The highest BCUT2D eigenvalue weighted by molar-refractivity contribution is 5.39. The van der Waals surface area contributed by atoms with Crippen LogP contribution in [0.3, 0.4) is 0 Å². The highest BCUT2D eigenvalue weighted by atomic mass is 19.4. The third-order valence-electron chi connectivity index (χ3n) is 4.22. The van der Waals surface area contributed by atoms with Gasteiger partial charge >= 0.3 is 12.4 Å². The zero-order valence-corrected chi connectivity index (χ0v) is 13.7. The van der Waals surface area contributed by atoms with Gasteiger partial charge in [-0.15, -0.1) is 0 Å². The van der Waals surface area contributed by atoms with Crippen LogP contribution in [0.2, 0.25) is 0 Å². The molecule has 1 N–H and O–H groups in total. The molecule has 1 fully saturated rings. The van der Waals surface area contributed by atoms with Gasteiger partial charge in [0.1, 0.15) is 5.75 Å². The van der Waals surface area contributed by atoms with Crippen molar-refractivity contribution >= 4 is 0 Å². The van der Waals surface area contributed by atoms with Gasteiger partial charge in [0.15, 0.2) is 0 Å². The van der Waals surface area contributed by atoms with E-state index in [0.717, 1.165) is 6.07 Å². The summed E-state index contributed by atoms with van der Waals surface area (Å²) in [4.78, 5) is 1.68. The van der Waals surface area contributed by atoms with Gasteiger partial charge in [-0.1, -0.05) is 6.07 Å². The lowest BCUT2D eigenvalue weighted by Crippen LogP contribution is -2.45. The van der Waals surface area contributed by atoms with Crippen LogP contribution in [0.5, 0.6) is 5.75 Å². The van der Waals surface area contributed by atoms with Crippen molar-refractivity contribution in [2.24, 2.45) is 0 Å². The molecule has 0 amide bonds. The number of hydrogen-bond donors (Lipinski definition) is 1. The Morgan fingerprint density at radius 1 is 1.12 bits per heavy atom. The lowest BCUT2D eigenvalue weighted by Gasteiger charge is -2.36. The molecule has 3 nitrogen and oxygen atoms in total. The summed E-state index contributed by atoms with van der Waals surface area (Å²) in [6.07, 6.45) is -10.6. The van der Waals surface area contributed by atoms with Crippen LogP contribution in [-0.2, 0) is 6.18 Å². The van der Waals surface area contributed by atoms with Gasteiger partial charge in [0.05, 0.1) is 12.7 Å². The molecule has 0 spiro atoms. The van der Waals surface area contributed by atoms with E-state index < -0.39 is 36.8 Å². The minimum atomic E-state index is -4.67. The van der Waals surface area contributed by atoms with Crippen molar-refractivity contribution in [1.29, 1.82) is 0 Å². The molecule has 1 aromatic rings. The number of benzene rings is 1. The molecule has 9 heteroatoms. The predicted octanol–water partition coefficient (Wildman–Crippen LogP) is 4.00. The van der Waals surface area contributed by atoms with Crippen LogP contribution in [0.4, 0.5) is 26.3 Å². The molecule has 0 saturated carbocycles. The number of rotatable bonds is 5. The number of alkyl halides is 6. The van der Waals surface area contributed by atoms with Gasteiger partial charge < -0.3 is 10.1 Å². The Bertz CT molecular complexity index is 567. The third-order valence-corrected chi connectivity index (χ3v) is 4.22. The first-order chi connectivity index (χ1) is 11.6. The predicted molar refractivity (Wildman–Crippen MR) is 80.5 cm³/mol. The van der Waals surface area contributed by atoms with Gasteiger partial charge in [-0.25, -0.2) is 0 Å². The van der Waals surface area contributed by atoms with E-state index in [1.807, 2.05) is 0 Å². The van der Waals surface area contributed by atoms with Crippen LogP contribution in [-0.4, -0.2) is 44.4 Å². The summed E-state index contributed by atoms with van der Waals surface area (Å²) in [7, 11) is 1.24. The van der Waals surface area contributed by atoms with E-state index in [0.29, 0.717) is 26.2 Å². The fourth-order valence-electron chi connectivity index (χ4n) is 3.03. The van der Waals surface area contributed by atoms with Crippen LogP contribution < -0.4 is 10.1 Å². The van der Waals surface area contributed by atoms with Crippen LogP contribution in [0, 0.1) is 0 Å². The average Bonchev–Trinajstić information content (AvgIpc) is 2.54. The maximum absolute atomic E-state index is 13.5. The molecule has 1 aliphatic rings. The van der Waals surface area contributed by atoms with Crippen LogP contribution in [0.15, 0.2) is 18.2 Å². The van der Waals surface area contributed by atoms with Crippen LogP contribution in [0.25, 0.3) is 0 Å². The molecule has 0 aromatic heterocycles. The Morgan fingerprint density at radius 2 is 1.76 bits per heavy atom. The van der Waals surface area contributed by atoms with E-state index in [1.165, 1.54) is 19.2 Å². The Labute approximate surface area is 141 Å². The molecule has 0 aliphatic carbocycles. The first-order valence-electron chi connectivity index (χ1n) is 7.88. The van der Waals surface area contributed by atoms with Crippen molar-refractivity contribution < 1.29 is 31.1 Å². The van der Waals surface area contributed by atoms with E-state index in [9.17, 15) is 26.3 Å². The minimum absolute atomic E-state index is 0.0194. The standard InChI is InChI=1S/C16H20F6N2O/c1-25-11-2-3-12(13(10-11)16(20,21)22)14(4-5-15(17,18)19)24-8-6-23-7-9-24/h2-3,10,14,23H,4-9H2,1H3/t14-/m0/s1. The summed E-state index contributed by atoms with van der Waals surface area (Å²) < 4.78 is 83.3. The summed E-state index contributed by atoms with van der Waals surface area (Å²) in [5.74, 6) is 0.0194. The van der Waals surface area contributed by atoms with Crippen LogP contribution in [0.1, 0.15) is 30.0 Å². The monoisotopic (exact) mass is 370 g/mol. The topological polar surface area (TPSA) is 24.5 Å². The molecular weight excluding hydrogens is 350 g/mol. The van der Waals surface area contributed by atoms with Crippen LogP contribution >= 0.6 is 0 Å². The molecule has 25 heavy (non-hydrogen) atoms. The summed E-state index contributed by atoms with van der Waals surface area (Å²) in [5, 5.41) is 3.05. The maximum atomic E-state index is 13.5. The van der Waals surface area contributed by atoms with Crippen molar-refractivity contribution in [3.63, 3.8) is 0 Å². The van der Waals surface area contributed by atoms with Crippen molar-refractivity contribution in [3.8, 4) is 5.75 Å². The zero-order chi connectivity index (χ0) is 18.7. The quantitative estimate of drug-likeness (QED) is 0.793. The molecule has 1 saturated heterocycles. The number of methoxy groups -OCH3 is 1. The van der Waals surface area contributed by atoms with Crippen molar-refractivity contribution in [2.45, 2.75) is 31.2 Å². The second kappa shape index (κ2) is 7.82. The molecule has 0 unspecified atom stereocenters. The molecule has 0 bridgehead atoms. The number of hydrogen-bond acceptors (Lipinski definition) is 3. The summed E-state index contributed by atoms with van der Waals surface area (Å²) in [6, 6.07) is 2.47. The van der Waals surface area contributed by atoms with Gasteiger partial charge in [-0.3, -0.25) is 4.90 Å². The number of piperazine rings is 1. The highest BCUT2D eigenvalue weighted by Crippen LogP contribution is 2.41. The van der Waals surface area contributed by atoms with E-state index in [2.05, 4.69) is 5.32 Å². The van der Waals surface area contributed by atoms with Crippen molar-refractivity contribution in [2.75, 3.05) is 33.3 Å². The number of nitrogens with zero attached hydrogens (tertiary/aromatic N) is 1. The normalized spacial score (nSPS) is 18.2. The maximum Gasteiger partial charge on any atom is 0.416 e. The number of ether oxygens (including phenoxy) is 1. The largest absolute Gasteiger partial charge is 0.497 e. The second-order valence-corrected chi connectivity index (χ2v) is 5.91. The van der Waals surface area contributed by atoms with Crippen molar-refractivity contribution in [3.05, 3.63) is 29.3 Å².